The first-order chi connectivity index (χ1) is 15.9. The van der Waals surface area contributed by atoms with Crippen molar-refractivity contribution in [1.82, 2.24) is 9.80 Å². The number of rotatable bonds is 9. The van der Waals surface area contributed by atoms with Crippen molar-refractivity contribution in [2.45, 2.75) is 45.3 Å². The van der Waals surface area contributed by atoms with Crippen LogP contribution in [0.4, 0.5) is 0 Å². The molecule has 1 amide bonds. The Morgan fingerprint density at radius 2 is 1.88 bits per heavy atom. The van der Waals surface area contributed by atoms with E-state index in [2.05, 4.69) is 31.0 Å². The van der Waals surface area contributed by atoms with Crippen LogP contribution in [0.15, 0.2) is 30.5 Å². The van der Waals surface area contributed by atoms with Gasteiger partial charge in [0.1, 0.15) is 5.75 Å². The zero-order valence-electron chi connectivity index (χ0n) is 19.8. The molecule has 1 aliphatic heterocycles. The van der Waals surface area contributed by atoms with Crippen molar-refractivity contribution in [2.75, 3.05) is 33.8 Å². The molecule has 0 aromatic heterocycles. The molecule has 2 aromatic carbocycles. The molecule has 0 radical (unpaired) electrons. The summed E-state index contributed by atoms with van der Waals surface area (Å²) in [5.74, 6) is 1.59. The third-order valence-corrected chi connectivity index (χ3v) is 6.93. The molecule has 6 heteroatoms. The van der Waals surface area contributed by atoms with Crippen LogP contribution in [-0.4, -0.2) is 59.7 Å². The van der Waals surface area contributed by atoms with Crippen LogP contribution in [0.5, 0.6) is 5.75 Å². The van der Waals surface area contributed by atoms with Crippen molar-refractivity contribution in [1.29, 1.82) is 0 Å². The van der Waals surface area contributed by atoms with Gasteiger partial charge in [0.2, 0.25) is 5.91 Å². The first-order valence-electron chi connectivity index (χ1n) is 11.6. The summed E-state index contributed by atoms with van der Waals surface area (Å²) in [5.41, 5.74) is 7.23. The molecule has 1 atom stereocenters. The van der Waals surface area contributed by atoms with Crippen molar-refractivity contribution in [3.8, 4) is 5.75 Å². The van der Waals surface area contributed by atoms with E-state index in [1.807, 2.05) is 24.4 Å². The molecule has 176 valence electrons. The minimum Gasteiger partial charge on any atom is -0.496 e. The standard InChI is InChI=1S/C27H34N2O4/c1-18-9-25-21(13-26(18)33-3)12-22(25)15-28(2)6-4-7-29-8-5-19-10-23(16-30)24(17-31)11-20(19)14-27(29)32/h5,8-11,13,22,30-31H,4,6-7,12,14-17H2,1-3H3/t22-/m1/s1. The van der Waals surface area contributed by atoms with E-state index < -0.39 is 0 Å². The molecule has 0 saturated heterocycles. The van der Waals surface area contributed by atoms with E-state index in [0.29, 0.717) is 30.0 Å². The molecule has 33 heavy (non-hydrogen) atoms. The zero-order valence-corrected chi connectivity index (χ0v) is 19.8. The van der Waals surface area contributed by atoms with Crippen LogP contribution in [0, 0.1) is 6.92 Å². The number of aliphatic hydroxyl groups is 2. The number of fused-ring (bicyclic) bond motifs is 2. The number of carbonyl (C=O) groups is 1. The van der Waals surface area contributed by atoms with Gasteiger partial charge in [-0.1, -0.05) is 12.1 Å². The van der Waals surface area contributed by atoms with Crippen LogP contribution in [0.25, 0.3) is 6.08 Å². The second-order valence-electron chi connectivity index (χ2n) is 9.25. The minimum atomic E-state index is -0.143. The number of likely N-dealkylation sites (N-methyl/N-ethyl adjacent to an activating group) is 1. The summed E-state index contributed by atoms with van der Waals surface area (Å²) in [5, 5.41) is 19.1. The normalized spacial score (nSPS) is 17.0. The smallest absolute Gasteiger partial charge is 0.230 e. The average Bonchev–Trinajstić information content (AvgIpc) is 2.95. The molecule has 2 N–H and O–H groups in total. The second-order valence-corrected chi connectivity index (χ2v) is 9.25. The quantitative estimate of drug-likeness (QED) is 0.615. The molecule has 2 aromatic rings. The predicted octanol–water partition coefficient (Wildman–Crippen LogP) is 3.01. The molecule has 6 nitrogen and oxygen atoms in total. The lowest BCUT2D eigenvalue weighted by atomic mass is 9.76. The number of benzene rings is 2. The van der Waals surface area contributed by atoms with Crippen molar-refractivity contribution >= 4 is 12.0 Å². The van der Waals surface area contributed by atoms with Gasteiger partial charge in [0.05, 0.1) is 26.7 Å². The highest BCUT2D eigenvalue weighted by Crippen LogP contribution is 2.39. The van der Waals surface area contributed by atoms with Crippen LogP contribution < -0.4 is 4.74 Å². The maximum atomic E-state index is 12.8. The number of hydrogen-bond donors (Lipinski definition) is 2. The molecule has 4 rings (SSSR count). The Balaban J connectivity index is 1.30. The third-order valence-electron chi connectivity index (χ3n) is 6.93. The number of aliphatic hydroxyl groups excluding tert-OH is 2. The second kappa shape index (κ2) is 10.1. The summed E-state index contributed by atoms with van der Waals surface area (Å²) >= 11 is 0. The number of amides is 1. The average molecular weight is 451 g/mol. The summed E-state index contributed by atoms with van der Waals surface area (Å²) in [6.45, 7) is 4.44. The largest absolute Gasteiger partial charge is 0.496 e. The number of nitrogens with zero attached hydrogens (tertiary/aromatic N) is 2. The van der Waals surface area contributed by atoms with Gasteiger partial charge in [-0.05, 0) is 90.5 Å². The van der Waals surface area contributed by atoms with Crippen molar-refractivity contribution in [2.24, 2.45) is 0 Å². The van der Waals surface area contributed by atoms with Gasteiger partial charge in [-0.3, -0.25) is 4.79 Å². The molecule has 0 saturated carbocycles. The highest BCUT2D eigenvalue weighted by Gasteiger charge is 2.28. The van der Waals surface area contributed by atoms with Gasteiger partial charge in [0, 0.05) is 25.2 Å². The van der Waals surface area contributed by atoms with Crippen molar-refractivity contribution in [3.05, 3.63) is 69.4 Å². The molecule has 2 aliphatic rings. The summed E-state index contributed by atoms with van der Waals surface area (Å²) < 4.78 is 5.43. The fraction of sp³-hybridized carbons (Fsp3) is 0.444. The first kappa shape index (κ1) is 23.5. The Labute approximate surface area is 196 Å². The van der Waals surface area contributed by atoms with Crippen LogP contribution in [0.1, 0.15) is 51.3 Å². The van der Waals surface area contributed by atoms with E-state index in [1.54, 1.807) is 12.0 Å². The Hall–Kier alpha value is -2.67. The van der Waals surface area contributed by atoms with E-state index in [-0.39, 0.29) is 19.1 Å². The monoisotopic (exact) mass is 450 g/mol. The SMILES string of the molecule is COc1cc2c(cc1C)[C@@H](CN(C)CCCN1C=Cc3cc(CO)c(CO)cc3CC1=O)C2. The molecule has 1 heterocycles. The van der Waals surface area contributed by atoms with Crippen LogP contribution >= 0.6 is 0 Å². The number of carbonyl (C=O) groups excluding carboxylic acids is 1. The molecule has 0 fully saturated rings. The Morgan fingerprint density at radius 1 is 1.12 bits per heavy atom. The zero-order chi connectivity index (χ0) is 23.5. The van der Waals surface area contributed by atoms with Crippen LogP contribution in [0.3, 0.4) is 0 Å². The summed E-state index contributed by atoms with van der Waals surface area (Å²) in [6, 6.07) is 8.15. The summed E-state index contributed by atoms with van der Waals surface area (Å²) in [7, 11) is 3.87. The highest BCUT2D eigenvalue weighted by atomic mass is 16.5. The fourth-order valence-electron chi connectivity index (χ4n) is 4.99. The van der Waals surface area contributed by atoms with E-state index in [4.69, 9.17) is 4.74 Å². The van der Waals surface area contributed by atoms with E-state index in [1.165, 1.54) is 16.7 Å². The molecular weight excluding hydrogens is 416 g/mol. The van der Waals surface area contributed by atoms with E-state index in [0.717, 1.165) is 42.8 Å². The Morgan fingerprint density at radius 3 is 2.61 bits per heavy atom. The van der Waals surface area contributed by atoms with Gasteiger partial charge in [-0.2, -0.15) is 0 Å². The third kappa shape index (κ3) is 4.98. The van der Waals surface area contributed by atoms with Gasteiger partial charge in [0.15, 0.2) is 0 Å². The Bertz CT molecular complexity index is 1060. The summed E-state index contributed by atoms with van der Waals surface area (Å²) in [4.78, 5) is 16.9. The Kier molecular flexibility index (Phi) is 7.17. The van der Waals surface area contributed by atoms with Gasteiger partial charge < -0.3 is 24.7 Å². The maximum Gasteiger partial charge on any atom is 0.230 e. The van der Waals surface area contributed by atoms with Gasteiger partial charge in [-0.25, -0.2) is 0 Å². The lowest BCUT2D eigenvalue weighted by Gasteiger charge is -2.34. The van der Waals surface area contributed by atoms with E-state index >= 15 is 0 Å². The predicted molar refractivity (Wildman–Crippen MR) is 129 cm³/mol. The number of aryl methyl sites for hydroxylation is 1. The topological polar surface area (TPSA) is 73.2 Å². The maximum absolute atomic E-state index is 12.8. The number of ether oxygens (including phenoxy) is 1. The molecule has 0 bridgehead atoms. The molecule has 0 unspecified atom stereocenters. The van der Waals surface area contributed by atoms with Gasteiger partial charge >= 0.3 is 0 Å². The minimum absolute atomic E-state index is 0.0608. The molecule has 0 spiro atoms. The first-order valence-corrected chi connectivity index (χ1v) is 11.6. The van der Waals surface area contributed by atoms with Crippen molar-refractivity contribution in [3.63, 3.8) is 0 Å². The summed E-state index contributed by atoms with van der Waals surface area (Å²) in [6.07, 6.45) is 6.08. The number of methoxy groups -OCH3 is 1. The molecular formula is C27H34N2O4. The fourth-order valence-corrected chi connectivity index (χ4v) is 4.99. The van der Waals surface area contributed by atoms with Gasteiger partial charge in [-0.15, -0.1) is 0 Å². The van der Waals surface area contributed by atoms with E-state index in [9.17, 15) is 15.0 Å². The lowest BCUT2D eigenvalue weighted by Crippen LogP contribution is -2.34. The van der Waals surface area contributed by atoms with Gasteiger partial charge in [0.25, 0.3) is 0 Å². The lowest BCUT2D eigenvalue weighted by molar-refractivity contribution is -0.127. The highest BCUT2D eigenvalue weighted by molar-refractivity contribution is 5.83. The van der Waals surface area contributed by atoms with Crippen LogP contribution in [-0.2, 0) is 30.8 Å². The molecule has 1 aliphatic carbocycles. The van der Waals surface area contributed by atoms with Crippen molar-refractivity contribution < 1.29 is 19.7 Å². The number of hydrogen-bond acceptors (Lipinski definition) is 5. The van der Waals surface area contributed by atoms with Crippen LogP contribution in [0.2, 0.25) is 0 Å².